The van der Waals surface area contributed by atoms with Crippen molar-refractivity contribution in [2.75, 3.05) is 7.11 Å². The zero-order valence-corrected chi connectivity index (χ0v) is 10.9. The number of carbonyl (C=O) groups excluding carboxylic acids is 1. The van der Waals surface area contributed by atoms with Crippen molar-refractivity contribution in [3.8, 4) is 0 Å². The van der Waals surface area contributed by atoms with E-state index in [0.717, 1.165) is 9.92 Å². The fourth-order valence-corrected chi connectivity index (χ4v) is 2.22. The van der Waals surface area contributed by atoms with Crippen molar-refractivity contribution in [3.05, 3.63) is 47.9 Å². The Bertz CT molecular complexity index is 555. The summed E-state index contributed by atoms with van der Waals surface area (Å²) in [5.74, 6) is -0.477. The second-order valence-corrected chi connectivity index (χ2v) is 4.74. The molecule has 0 amide bonds. The van der Waals surface area contributed by atoms with Gasteiger partial charge in [-0.15, -0.1) is 0 Å². The number of benzene rings is 1. The van der Waals surface area contributed by atoms with Gasteiger partial charge in [-0.1, -0.05) is 29.5 Å². The first kappa shape index (κ1) is 12.6. The summed E-state index contributed by atoms with van der Waals surface area (Å²) in [5, 5.41) is 0.744. The monoisotopic (exact) mass is 260 g/mol. The van der Waals surface area contributed by atoms with Gasteiger partial charge in [0.15, 0.2) is 5.69 Å². The topological polar surface area (TPSA) is 52.1 Å². The van der Waals surface area contributed by atoms with Crippen LogP contribution in [0.1, 0.15) is 16.1 Å². The first-order chi connectivity index (χ1) is 8.69. The average molecular weight is 260 g/mol. The normalized spacial score (nSPS) is 10.1. The van der Waals surface area contributed by atoms with Crippen molar-refractivity contribution in [1.82, 2.24) is 9.97 Å². The van der Waals surface area contributed by atoms with Crippen LogP contribution in [0.25, 0.3) is 0 Å². The molecule has 18 heavy (non-hydrogen) atoms. The van der Waals surface area contributed by atoms with Crippen LogP contribution < -0.4 is 0 Å². The molecule has 0 aliphatic carbocycles. The van der Waals surface area contributed by atoms with Gasteiger partial charge >= 0.3 is 5.97 Å². The molecule has 1 heterocycles. The minimum Gasteiger partial charge on any atom is -0.464 e. The predicted molar refractivity (Wildman–Crippen MR) is 68.7 cm³/mol. The molecule has 5 heteroatoms. The van der Waals surface area contributed by atoms with E-state index in [1.54, 1.807) is 6.20 Å². The molecular formula is C13H12N2O2S. The number of methoxy groups -OCH3 is 1. The lowest BCUT2D eigenvalue weighted by Crippen LogP contribution is -2.04. The van der Waals surface area contributed by atoms with Gasteiger partial charge in [-0.05, 0) is 19.1 Å². The van der Waals surface area contributed by atoms with Crippen LogP contribution >= 0.6 is 11.8 Å². The Hall–Kier alpha value is -1.88. The van der Waals surface area contributed by atoms with Gasteiger partial charge in [-0.3, -0.25) is 0 Å². The van der Waals surface area contributed by atoms with Crippen molar-refractivity contribution in [1.29, 1.82) is 0 Å². The molecular weight excluding hydrogens is 248 g/mol. The fourth-order valence-electron chi connectivity index (χ4n) is 1.38. The molecule has 0 saturated heterocycles. The average Bonchev–Trinajstić information content (AvgIpc) is 2.39. The van der Waals surface area contributed by atoms with E-state index >= 15 is 0 Å². The van der Waals surface area contributed by atoms with E-state index in [4.69, 9.17) is 0 Å². The molecule has 92 valence electrons. The van der Waals surface area contributed by atoms with E-state index in [1.807, 2.05) is 25.1 Å². The molecule has 2 rings (SSSR count). The molecule has 0 radical (unpaired) electrons. The number of rotatable bonds is 3. The van der Waals surface area contributed by atoms with Gasteiger partial charge < -0.3 is 4.74 Å². The Morgan fingerprint density at radius 2 is 2.11 bits per heavy atom. The minimum absolute atomic E-state index is 0.214. The summed E-state index contributed by atoms with van der Waals surface area (Å²) in [5.41, 5.74) is 1.41. The van der Waals surface area contributed by atoms with E-state index < -0.39 is 5.97 Å². The molecule has 0 atom stereocenters. The Balaban J connectivity index is 2.13. The molecule has 0 unspecified atom stereocenters. The third-order valence-electron chi connectivity index (χ3n) is 2.23. The van der Waals surface area contributed by atoms with Gasteiger partial charge in [0, 0.05) is 4.90 Å². The summed E-state index contributed by atoms with van der Waals surface area (Å²) >= 11 is 1.50. The van der Waals surface area contributed by atoms with E-state index in [0.29, 0.717) is 0 Å². The molecule has 0 fully saturated rings. The van der Waals surface area contributed by atoms with Gasteiger partial charge in [-0.25, -0.2) is 14.8 Å². The van der Waals surface area contributed by atoms with E-state index in [9.17, 15) is 4.79 Å². The Kier molecular flexibility index (Phi) is 3.94. The number of esters is 1. The molecule has 0 aliphatic heterocycles. The number of nitrogens with zero attached hydrogens (tertiary/aromatic N) is 2. The van der Waals surface area contributed by atoms with Gasteiger partial charge in [-0.2, -0.15) is 0 Å². The summed E-state index contributed by atoms with van der Waals surface area (Å²) < 4.78 is 4.56. The summed E-state index contributed by atoms with van der Waals surface area (Å²) in [4.78, 5) is 20.5. The molecule has 0 saturated carbocycles. The molecule has 0 spiro atoms. The largest absolute Gasteiger partial charge is 0.464 e. The van der Waals surface area contributed by atoms with Crippen LogP contribution in [-0.4, -0.2) is 23.0 Å². The SMILES string of the molecule is COC(=O)c1cnc(Sc2cccc(C)c2)cn1. The molecule has 1 aromatic heterocycles. The highest BCUT2D eigenvalue weighted by Crippen LogP contribution is 2.25. The first-order valence-electron chi connectivity index (χ1n) is 5.34. The summed E-state index contributed by atoms with van der Waals surface area (Å²) in [7, 11) is 1.32. The van der Waals surface area contributed by atoms with Crippen molar-refractivity contribution in [3.63, 3.8) is 0 Å². The molecule has 2 aromatic rings. The Morgan fingerprint density at radius 3 is 2.72 bits per heavy atom. The van der Waals surface area contributed by atoms with Crippen LogP contribution in [0, 0.1) is 6.92 Å². The number of hydrogen-bond acceptors (Lipinski definition) is 5. The first-order valence-corrected chi connectivity index (χ1v) is 6.15. The lowest BCUT2D eigenvalue weighted by atomic mass is 10.2. The minimum atomic E-state index is -0.477. The number of carbonyl (C=O) groups is 1. The second-order valence-electron chi connectivity index (χ2n) is 3.65. The predicted octanol–water partition coefficient (Wildman–Crippen LogP) is 2.72. The maximum atomic E-state index is 11.2. The van der Waals surface area contributed by atoms with Gasteiger partial charge in [0.25, 0.3) is 0 Å². The standard InChI is InChI=1S/C13H12N2O2S/c1-9-4-3-5-10(6-9)18-12-8-14-11(7-15-12)13(16)17-2/h3-8H,1-2H3. The third kappa shape index (κ3) is 3.07. The van der Waals surface area contributed by atoms with Crippen LogP contribution in [0.4, 0.5) is 0 Å². The van der Waals surface area contributed by atoms with Gasteiger partial charge in [0.05, 0.1) is 19.5 Å². The smallest absolute Gasteiger partial charge is 0.358 e. The maximum absolute atomic E-state index is 11.2. The zero-order valence-electron chi connectivity index (χ0n) is 10.1. The van der Waals surface area contributed by atoms with Gasteiger partial charge in [0.1, 0.15) is 5.03 Å². The Morgan fingerprint density at radius 1 is 1.28 bits per heavy atom. The molecule has 0 bridgehead atoms. The molecule has 0 aliphatic rings. The van der Waals surface area contributed by atoms with Crippen LogP contribution in [0.3, 0.4) is 0 Å². The van der Waals surface area contributed by atoms with E-state index in [1.165, 1.54) is 30.6 Å². The van der Waals surface area contributed by atoms with E-state index in [2.05, 4.69) is 20.8 Å². The van der Waals surface area contributed by atoms with Crippen LogP contribution in [0.2, 0.25) is 0 Å². The second kappa shape index (κ2) is 5.64. The van der Waals surface area contributed by atoms with Crippen LogP contribution in [0.5, 0.6) is 0 Å². The van der Waals surface area contributed by atoms with Crippen molar-refractivity contribution >= 4 is 17.7 Å². The zero-order chi connectivity index (χ0) is 13.0. The van der Waals surface area contributed by atoms with E-state index in [-0.39, 0.29) is 5.69 Å². The number of aromatic nitrogens is 2. The third-order valence-corrected chi connectivity index (χ3v) is 3.14. The van der Waals surface area contributed by atoms with Gasteiger partial charge in [0.2, 0.25) is 0 Å². The Labute approximate surface area is 109 Å². The summed E-state index contributed by atoms with van der Waals surface area (Å²) in [6.45, 7) is 2.04. The molecule has 1 aromatic carbocycles. The van der Waals surface area contributed by atoms with Crippen LogP contribution in [-0.2, 0) is 4.74 Å². The summed E-state index contributed by atoms with van der Waals surface area (Å²) in [6.07, 6.45) is 2.99. The highest BCUT2D eigenvalue weighted by atomic mass is 32.2. The summed E-state index contributed by atoms with van der Waals surface area (Å²) in [6, 6.07) is 8.11. The molecule has 4 nitrogen and oxygen atoms in total. The van der Waals surface area contributed by atoms with Crippen molar-refractivity contribution < 1.29 is 9.53 Å². The fraction of sp³-hybridized carbons (Fsp3) is 0.154. The number of ether oxygens (including phenoxy) is 1. The lowest BCUT2D eigenvalue weighted by molar-refractivity contribution is 0.0593. The highest BCUT2D eigenvalue weighted by molar-refractivity contribution is 7.99. The maximum Gasteiger partial charge on any atom is 0.358 e. The highest BCUT2D eigenvalue weighted by Gasteiger charge is 2.07. The van der Waals surface area contributed by atoms with Crippen molar-refractivity contribution in [2.45, 2.75) is 16.8 Å². The molecule has 0 N–H and O–H groups in total. The number of hydrogen-bond donors (Lipinski definition) is 0. The number of aryl methyl sites for hydroxylation is 1. The lowest BCUT2D eigenvalue weighted by Gasteiger charge is -2.02. The quantitative estimate of drug-likeness (QED) is 0.794. The van der Waals surface area contributed by atoms with Crippen LogP contribution in [0.15, 0.2) is 46.6 Å². The van der Waals surface area contributed by atoms with Crippen molar-refractivity contribution in [2.24, 2.45) is 0 Å².